The quantitative estimate of drug-likeness (QED) is 0.180. The van der Waals surface area contributed by atoms with Crippen LogP contribution in [0.25, 0.3) is 6.08 Å². The fraction of sp³-hybridized carbons (Fsp3) is 0.207. The van der Waals surface area contributed by atoms with Gasteiger partial charge in [0.25, 0.3) is 11.8 Å². The maximum atomic E-state index is 13.4. The fourth-order valence-electron chi connectivity index (χ4n) is 4.25. The zero-order chi connectivity index (χ0) is 27.6. The Kier molecular flexibility index (Phi) is 8.42. The lowest BCUT2D eigenvalue weighted by Crippen LogP contribution is -2.54. The lowest BCUT2D eigenvalue weighted by Gasteiger charge is -2.27. The van der Waals surface area contributed by atoms with Crippen LogP contribution in [0.1, 0.15) is 34.7 Å². The second-order valence-corrected chi connectivity index (χ2v) is 10.5. The van der Waals surface area contributed by atoms with Crippen molar-refractivity contribution in [3.8, 4) is 11.5 Å². The van der Waals surface area contributed by atoms with Gasteiger partial charge >= 0.3 is 6.03 Å². The van der Waals surface area contributed by atoms with E-state index in [1.54, 1.807) is 31.2 Å². The lowest BCUT2D eigenvalue weighted by atomic mass is 10.1. The molecule has 1 heterocycles. The Bertz CT molecular complexity index is 1460. The molecule has 0 bridgehead atoms. The van der Waals surface area contributed by atoms with Crippen LogP contribution in [0.5, 0.6) is 11.5 Å². The van der Waals surface area contributed by atoms with Gasteiger partial charge in [0.1, 0.15) is 12.2 Å². The Morgan fingerprint density at radius 2 is 1.68 bits per heavy atom. The summed E-state index contributed by atoms with van der Waals surface area (Å²) < 4.78 is 12.7. The van der Waals surface area contributed by atoms with Gasteiger partial charge in [-0.25, -0.2) is 9.69 Å². The number of aryl methyl sites for hydroxylation is 3. The number of benzene rings is 3. The maximum Gasteiger partial charge on any atom is 0.335 e. The number of hydrogen-bond acceptors (Lipinski definition) is 5. The average molecular weight is 645 g/mol. The molecule has 3 aromatic rings. The highest BCUT2D eigenvalue weighted by Gasteiger charge is 2.37. The molecule has 0 atom stereocenters. The van der Waals surface area contributed by atoms with Crippen molar-refractivity contribution in [1.82, 2.24) is 5.32 Å². The Morgan fingerprint density at radius 1 is 0.974 bits per heavy atom. The van der Waals surface area contributed by atoms with Crippen molar-refractivity contribution in [3.63, 3.8) is 0 Å². The van der Waals surface area contributed by atoms with Crippen molar-refractivity contribution >= 4 is 63.8 Å². The molecule has 7 nitrogen and oxygen atoms in total. The monoisotopic (exact) mass is 644 g/mol. The number of urea groups is 1. The number of halogens is 2. The van der Waals surface area contributed by atoms with Gasteiger partial charge in [-0.2, -0.15) is 0 Å². The van der Waals surface area contributed by atoms with E-state index in [1.165, 1.54) is 12.1 Å². The highest BCUT2D eigenvalue weighted by atomic mass is 127. The zero-order valence-electron chi connectivity index (χ0n) is 21.4. The third-order valence-corrected chi connectivity index (χ3v) is 6.86. The number of nitrogens with one attached hydrogen (secondary N) is 1. The van der Waals surface area contributed by atoms with Crippen molar-refractivity contribution in [2.45, 2.75) is 34.3 Å². The molecule has 0 aromatic heterocycles. The van der Waals surface area contributed by atoms with Gasteiger partial charge < -0.3 is 9.47 Å². The number of anilines is 1. The van der Waals surface area contributed by atoms with Gasteiger partial charge in [-0.15, -0.1) is 0 Å². The second-order valence-electron chi connectivity index (χ2n) is 8.94. The molecule has 1 N–H and O–H groups in total. The molecule has 1 saturated heterocycles. The third-order valence-electron chi connectivity index (χ3n) is 5.82. The molecule has 4 rings (SSSR count). The predicted octanol–water partition coefficient (Wildman–Crippen LogP) is 6.51. The second kappa shape index (κ2) is 11.6. The average Bonchev–Trinajstić information content (AvgIpc) is 2.83. The number of imide groups is 2. The first-order valence-corrected chi connectivity index (χ1v) is 13.4. The number of amides is 4. The largest absolute Gasteiger partial charge is 0.490 e. The molecule has 4 amide bonds. The topological polar surface area (TPSA) is 84.9 Å². The molecule has 38 heavy (non-hydrogen) atoms. The van der Waals surface area contributed by atoms with Crippen molar-refractivity contribution in [3.05, 3.63) is 90.5 Å². The van der Waals surface area contributed by atoms with Gasteiger partial charge in [-0.3, -0.25) is 14.9 Å². The molecular formula is C29H26ClIN2O5. The number of ether oxygens (including phenoxy) is 2. The summed E-state index contributed by atoms with van der Waals surface area (Å²) in [6.07, 6.45) is 1.44. The molecule has 1 aliphatic heterocycles. The van der Waals surface area contributed by atoms with Gasteiger partial charge in [0.15, 0.2) is 11.5 Å². The summed E-state index contributed by atoms with van der Waals surface area (Å²) in [5, 5.41) is 2.61. The molecule has 9 heteroatoms. The van der Waals surface area contributed by atoms with Gasteiger partial charge in [0.05, 0.1) is 15.9 Å². The number of carbonyl (C=O) groups is 3. The van der Waals surface area contributed by atoms with E-state index >= 15 is 0 Å². The van der Waals surface area contributed by atoms with Crippen LogP contribution in [0, 0.1) is 24.3 Å². The molecular weight excluding hydrogens is 619 g/mol. The van der Waals surface area contributed by atoms with E-state index in [-0.39, 0.29) is 5.57 Å². The van der Waals surface area contributed by atoms with Crippen LogP contribution in [-0.2, 0) is 16.2 Å². The number of hydrogen-bond donors (Lipinski definition) is 1. The summed E-state index contributed by atoms with van der Waals surface area (Å²) in [7, 11) is 0. The molecule has 1 aliphatic rings. The van der Waals surface area contributed by atoms with E-state index in [0.29, 0.717) is 46.5 Å². The highest BCUT2D eigenvalue weighted by Crippen LogP contribution is 2.36. The Hall–Kier alpha value is -3.37. The van der Waals surface area contributed by atoms with Crippen LogP contribution in [0.2, 0.25) is 5.02 Å². The molecule has 196 valence electrons. The maximum absolute atomic E-state index is 13.4. The number of carbonyl (C=O) groups excluding carboxylic acids is 3. The minimum absolute atomic E-state index is 0.189. The SMILES string of the molecule is CCOc1cc(/C=C2\C(=O)NC(=O)N(c3cc(Cl)ccc3C)C2=O)cc(I)c1OCc1cc(C)cc(C)c1. The number of rotatable bonds is 7. The molecule has 0 spiro atoms. The minimum atomic E-state index is -0.831. The molecule has 0 saturated carbocycles. The molecule has 0 radical (unpaired) electrons. The Balaban J connectivity index is 1.68. The van der Waals surface area contributed by atoms with E-state index in [2.05, 4.69) is 46.1 Å². The van der Waals surface area contributed by atoms with Crippen LogP contribution in [0.15, 0.2) is 54.1 Å². The normalized spacial score (nSPS) is 14.6. The van der Waals surface area contributed by atoms with Gasteiger partial charge in [-0.05, 0) is 97.3 Å². The minimum Gasteiger partial charge on any atom is -0.490 e. The Labute approximate surface area is 239 Å². The van der Waals surface area contributed by atoms with E-state index in [1.807, 2.05) is 20.8 Å². The molecule has 0 aliphatic carbocycles. The summed E-state index contributed by atoms with van der Waals surface area (Å²) in [6, 6.07) is 13.8. The molecule has 0 unspecified atom stereocenters. The van der Waals surface area contributed by atoms with Gasteiger partial charge in [0, 0.05) is 5.02 Å². The van der Waals surface area contributed by atoms with Crippen molar-refractivity contribution < 1.29 is 23.9 Å². The van der Waals surface area contributed by atoms with Crippen molar-refractivity contribution in [2.24, 2.45) is 0 Å². The fourth-order valence-corrected chi connectivity index (χ4v) is 5.20. The highest BCUT2D eigenvalue weighted by molar-refractivity contribution is 14.1. The van der Waals surface area contributed by atoms with Crippen LogP contribution in [-0.4, -0.2) is 24.5 Å². The van der Waals surface area contributed by atoms with Gasteiger partial charge in [-0.1, -0.05) is 47.0 Å². The predicted molar refractivity (Wildman–Crippen MR) is 156 cm³/mol. The smallest absolute Gasteiger partial charge is 0.335 e. The molecule has 3 aromatic carbocycles. The van der Waals surface area contributed by atoms with Crippen LogP contribution in [0.4, 0.5) is 10.5 Å². The van der Waals surface area contributed by atoms with Crippen LogP contribution < -0.4 is 19.7 Å². The number of nitrogens with zero attached hydrogens (tertiary/aromatic N) is 1. The lowest BCUT2D eigenvalue weighted by molar-refractivity contribution is -0.122. The first kappa shape index (κ1) is 27.7. The summed E-state index contributed by atoms with van der Waals surface area (Å²) in [5.74, 6) is -0.469. The first-order valence-electron chi connectivity index (χ1n) is 11.9. The van der Waals surface area contributed by atoms with Crippen LogP contribution in [0.3, 0.4) is 0 Å². The summed E-state index contributed by atoms with van der Waals surface area (Å²) in [5.41, 5.74) is 4.67. The van der Waals surface area contributed by atoms with E-state index in [4.69, 9.17) is 21.1 Å². The third kappa shape index (κ3) is 6.02. The summed E-state index contributed by atoms with van der Waals surface area (Å²) in [6.45, 7) is 8.44. The summed E-state index contributed by atoms with van der Waals surface area (Å²) in [4.78, 5) is 39.6. The Morgan fingerprint density at radius 3 is 2.37 bits per heavy atom. The van der Waals surface area contributed by atoms with Crippen molar-refractivity contribution in [1.29, 1.82) is 0 Å². The van der Waals surface area contributed by atoms with E-state index in [9.17, 15) is 14.4 Å². The molecule has 1 fully saturated rings. The van der Waals surface area contributed by atoms with Crippen molar-refractivity contribution in [2.75, 3.05) is 11.5 Å². The number of barbiturate groups is 1. The van der Waals surface area contributed by atoms with Gasteiger partial charge in [0.2, 0.25) is 0 Å². The van der Waals surface area contributed by atoms with Crippen LogP contribution >= 0.6 is 34.2 Å². The van der Waals surface area contributed by atoms with E-state index in [0.717, 1.165) is 25.2 Å². The van der Waals surface area contributed by atoms with E-state index < -0.39 is 17.8 Å². The standard InChI is InChI=1S/C29H26ClIN2O5/c1-5-37-25-13-19(12-23(31)26(25)38-15-20-9-16(2)8-17(3)10-20)11-22-27(34)32-29(36)33(28(22)35)24-14-21(30)7-6-18(24)4/h6-14H,5,15H2,1-4H3,(H,32,34,36)/b22-11+. The summed E-state index contributed by atoms with van der Waals surface area (Å²) >= 11 is 8.25. The zero-order valence-corrected chi connectivity index (χ0v) is 24.3. The first-order chi connectivity index (χ1) is 18.1.